The van der Waals surface area contributed by atoms with E-state index in [1.54, 1.807) is 7.05 Å². The summed E-state index contributed by atoms with van der Waals surface area (Å²) in [6, 6.07) is 9.05. The van der Waals surface area contributed by atoms with Crippen molar-refractivity contribution in [2.75, 3.05) is 0 Å². The Morgan fingerprint density at radius 3 is 2.61 bits per heavy atom. The highest BCUT2D eigenvalue weighted by atomic mass is 16.1. The van der Waals surface area contributed by atoms with Gasteiger partial charge in [0.05, 0.1) is 5.56 Å². The summed E-state index contributed by atoms with van der Waals surface area (Å²) in [6.45, 7) is 1.95. The third kappa shape index (κ3) is 2.18. The summed E-state index contributed by atoms with van der Waals surface area (Å²) in [7, 11) is 1.59. The van der Waals surface area contributed by atoms with Crippen molar-refractivity contribution in [2.24, 2.45) is 12.8 Å². The number of hydrogen-bond acceptors (Lipinski definition) is 2. The van der Waals surface area contributed by atoms with Gasteiger partial charge in [0.25, 0.3) is 11.5 Å². The summed E-state index contributed by atoms with van der Waals surface area (Å²) in [5, 5.41) is 0. The molecule has 2 aromatic rings. The van der Waals surface area contributed by atoms with E-state index < -0.39 is 5.91 Å². The Morgan fingerprint density at radius 2 is 2.00 bits per heavy atom. The Morgan fingerprint density at radius 1 is 1.28 bits per heavy atom. The second-order valence-corrected chi connectivity index (χ2v) is 4.28. The zero-order valence-corrected chi connectivity index (χ0v) is 10.3. The van der Waals surface area contributed by atoms with Crippen LogP contribution in [0.3, 0.4) is 0 Å². The molecule has 2 N–H and O–H groups in total. The molecule has 0 saturated carbocycles. The predicted molar refractivity (Wildman–Crippen MR) is 70.4 cm³/mol. The van der Waals surface area contributed by atoms with Crippen molar-refractivity contribution in [2.45, 2.75) is 6.92 Å². The van der Waals surface area contributed by atoms with Crippen LogP contribution in [0.25, 0.3) is 11.1 Å². The first kappa shape index (κ1) is 12.1. The van der Waals surface area contributed by atoms with Crippen LogP contribution in [0.5, 0.6) is 0 Å². The number of amides is 1. The molecule has 0 spiro atoms. The predicted octanol–water partition coefficient (Wildman–Crippen LogP) is 1.46. The van der Waals surface area contributed by atoms with Crippen molar-refractivity contribution in [1.82, 2.24) is 4.57 Å². The van der Waals surface area contributed by atoms with E-state index in [4.69, 9.17) is 5.73 Å². The quantitative estimate of drug-likeness (QED) is 0.866. The number of aromatic nitrogens is 1. The van der Waals surface area contributed by atoms with Gasteiger partial charge in [-0.3, -0.25) is 9.59 Å². The Balaban J connectivity index is 2.74. The largest absolute Gasteiger partial charge is 0.366 e. The molecule has 0 saturated heterocycles. The number of nitrogens with two attached hydrogens (primary N) is 1. The lowest BCUT2D eigenvalue weighted by molar-refractivity contribution is 0.1000. The van der Waals surface area contributed by atoms with Gasteiger partial charge in [0, 0.05) is 24.9 Å². The zero-order valence-electron chi connectivity index (χ0n) is 10.3. The third-order valence-corrected chi connectivity index (χ3v) is 2.82. The molecular weight excluding hydrogens is 228 g/mol. The fraction of sp³-hybridized carbons (Fsp3) is 0.143. The number of nitrogens with zero attached hydrogens (tertiary/aromatic N) is 1. The molecule has 1 aromatic carbocycles. The van der Waals surface area contributed by atoms with Crippen molar-refractivity contribution in [3.8, 4) is 11.1 Å². The summed E-state index contributed by atoms with van der Waals surface area (Å²) in [5.74, 6) is -0.540. The molecule has 0 unspecified atom stereocenters. The Hall–Kier alpha value is -2.36. The SMILES string of the molecule is Cc1cccc(-c2cc(=O)n(C)cc2C(N)=O)c1. The molecule has 0 aliphatic carbocycles. The van der Waals surface area contributed by atoms with Crippen LogP contribution in [0.4, 0.5) is 0 Å². The van der Waals surface area contributed by atoms with Crippen molar-refractivity contribution in [3.63, 3.8) is 0 Å². The molecule has 0 radical (unpaired) electrons. The maximum Gasteiger partial charge on any atom is 0.250 e. The van der Waals surface area contributed by atoms with E-state index in [1.807, 2.05) is 31.2 Å². The first-order chi connectivity index (χ1) is 8.49. The standard InChI is InChI=1S/C14H14N2O2/c1-9-4-3-5-10(6-9)11-7-13(17)16(2)8-12(11)14(15)18/h3-8H,1-2H3,(H2,15,18). The number of benzene rings is 1. The summed E-state index contributed by atoms with van der Waals surface area (Å²) in [5.41, 5.74) is 7.99. The highest BCUT2D eigenvalue weighted by molar-refractivity contribution is 5.99. The highest BCUT2D eigenvalue weighted by Crippen LogP contribution is 2.22. The van der Waals surface area contributed by atoms with Crippen LogP contribution < -0.4 is 11.3 Å². The summed E-state index contributed by atoms with van der Waals surface area (Å²) in [4.78, 5) is 23.1. The summed E-state index contributed by atoms with van der Waals surface area (Å²) < 4.78 is 1.35. The number of pyridine rings is 1. The van der Waals surface area contributed by atoms with Gasteiger partial charge in [-0.15, -0.1) is 0 Å². The van der Waals surface area contributed by atoms with Crippen molar-refractivity contribution >= 4 is 5.91 Å². The first-order valence-electron chi connectivity index (χ1n) is 5.56. The molecule has 1 aromatic heterocycles. The average Bonchev–Trinajstić information content (AvgIpc) is 2.31. The fourth-order valence-electron chi connectivity index (χ4n) is 1.88. The maximum absolute atomic E-state index is 11.7. The normalized spacial score (nSPS) is 10.3. The van der Waals surface area contributed by atoms with Gasteiger partial charge < -0.3 is 10.3 Å². The monoisotopic (exact) mass is 242 g/mol. The molecule has 2 rings (SSSR count). The average molecular weight is 242 g/mol. The molecule has 0 atom stereocenters. The van der Waals surface area contributed by atoms with E-state index in [0.717, 1.165) is 11.1 Å². The molecule has 0 aliphatic rings. The van der Waals surface area contributed by atoms with Gasteiger partial charge in [0.15, 0.2) is 0 Å². The van der Waals surface area contributed by atoms with Gasteiger partial charge in [-0.05, 0) is 12.5 Å². The van der Waals surface area contributed by atoms with Crippen molar-refractivity contribution in [3.05, 3.63) is 58.0 Å². The van der Waals surface area contributed by atoms with Gasteiger partial charge in [-0.1, -0.05) is 29.8 Å². The van der Waals surface area contributed by atoms with Gasteiger partial charge in [-0.25, -0.2) is 0 Å². The van der Waals surface area contributed by atoms with Crippen molar-refractivity contribution in [1.29, 1.82) is 0 Å². The number of rotatable bonds is 2. The fourth-order valence-corrected chi connectivity index (χ4v) is 1.88. The molecular formula is C14H14N2O2. The minimum atomic E-state index is -0.540. The number of carbonyl (C=O) groups is 1. The lowest BCUT2D eigenvalue weighted by atomic mass is 10.00. The molecule has 4 heteroatoms. The molecule has 92 valence electrons. The van der Waals surface area contributed by atoms with Crippen LogP contribution in [0.15, 0.2) is 41.3 Å². The summed E-state index contributed by atoms with van der Waals surface area (Å²) in [6.07, 6.45) is 1.47. The lowest BCUT2D eigenvalue weighted by Gasteiger charge is -2.09. The Kier molecular flexibility index (Phi) is 3.02. The van der Waals surface area contributed by atoms with Crippen LogP contribution in [0.2, 0.25) is 0 Å². The number of aryl methyl sites for hydroxylation is 2. The van der Waals surface area contributed by atoms with E-state index in [9.17, 15) is 9.59 Å². The molecule has 18 heavy (non-hydrogen) atoms. The maximum atomic E-state index is 11.7. The minimum Gasteiger partial charge on any atom is -0.366 e. The number of hydrogen-bond donors (Lipinski definition) is 1. The Labute approximate surface area is 105 Å². The number of primary amides is 1. The van der Waals surface area contributed by atoms with Crippen LogP contribution >= 0.6 is 0 Å². The van der Waals surface area contributed by atoms with E-state index >= 15 is 0 Å². The van der Waals surface area contributed by atoms with Gasteiger partial charge in [0.1, 0.15) is 0 Å². The third-order valence-electron chi connectivity index (χ3n) is 2.82. The molecule has 1 amide bonds. The van der Waals surface area contributed by atoms with Crippen molar-refractivity contribution < 1.29 is 4.79 Å². The molecule has 4 nitrogen and oxygen atoms in total. The molecule has 0 aliphatic heterocycles. The van der Waals surface area contributed by atoms with Crippen LogP contribution in [0.1, 0.15) is 15.9 Å². The summed E-state index contributed by atoms with van der Waals surface area (Å²) >= 11 is 0. The smallest absolute Gasteiger partial charge is 0.250 e. The van der Waals surface area contributed by atoms with Gasteiger partial charge in [0.2, 0.25) is 0 Å². The second kappa shape index (κ2) is 4.49. The van der Waals surface area contributed by atoms with Gasteiger partial charge >= 0.3 is 0 Å². The van der Waals surface area contributed by atoms with E-state index in [2.05, 4.69) is 0 Å². The molecule has 1 heterocycles. The molecule has 0 fully saturated rings. The van der Waals surface area contributed by atoms with Crippen LogP contribution in [-0.4, -0.2) is 10.5 Å². The first-order valence-corrected chi connectivity index (χ1v) is 5.56. The second-order valence-electron chi connectivity index (χ2n) is 4.28. The van der Waals surface area contributed by atoms with Crippen LogP contribution in [-0.2, 0) is 7.05 Å². The Bertz CT molecular complexity index is 672. The van der Waals surface area contributed by atoms with Gasteiger partial charge in [-0.2, -0.15) is 0 Å². The van der Waals surface area contributed by atoms with Crippen LogP contribution in [0, 0.1) is 6.92 Å². The zero-order chi connectivity index (χ0) is 13.3. The topological polar surface area (TPSA) is 65.1 Å². The van der Waals surface area contributed by atoms with E-state index in [0.29, 0.717) is 11.1 Å². The lowest BCUT2D eigenvalue weighted by Crippen LogP contribution is -2.21. The minimum absolute atomic E-state index is 0.170. The van der Waals surface area contributed by atoms with E-state index in [-0.39, 0.29) is 5.56 Å². The van der Waals surface area contributed by atoms with E-state index in [1.165, 1.54) is 16.8 Å². The molecule has 0 bridgehead atoms. The number of carbonyl (C=O) groups excluding carboxylic acids is 1. The highest BCUT2D eigenvalue weighted by Gasteiger charge is 2.12.